The van der Waals surface area contributed by atoms with E-state index in [4.69, 9.17) is 4.74 Å². The highest BCUT2D eigenvalue weighted by Crippen LogP contribution is 2.35. The summed E-state index contributed by atoms with van der Waals surface area (Å²) < 4.78 is 5.94. The van der Waals surface area contributed by atoms with Gasteiger partial charge >= 0.3 is 0 Å². The Morgan fingerprint density at radius 1 is 1.20 bits per heavy atom. The molecule has 0 aromatic heterocycles. The Kier molecular flexibility index (Phi) is 3.41. The van der Waals surface area contributed by atoms with E-state index in [9.17, 15) is 0 Å². The number of nitrogens with zero attached hydrogens (tertiary/aromatic N) is 1. The molecule has 0 spiro atoms. The first kappa shape index (κ1) is 12.7. The number of fused-ring (bicyclic) bond motifs is 2. The molecule has 3 heteroatoms. The third kappa shape index (κ3) is 2.23. The molecule has 2 aliphatic heterocycles. The summed E-state index contributed by atoms with van der Waals surface area (Å²) in [6.07, 6.45) is 5.71. The fourth-order valence-corrected chi connectivity index (χ4v) is 4.26. The molecule has 108 valence electrons. The van der Waals surface area contributed by atoms with Crippen molar-refractivity contribution in [1.82, 2.24) is 4.90 Å². The Balaban J connectivity index is 1.52. The van der Waals surface area contributed by atoms with E-state index < -0.39 is 0 Å². The van der Waals surface area contributed by atoms with Crippen molar-refractivity contribution in [3.8, 4) is 0 Å². The zero-order chi connectivity index (χ0) is 13.4. The maximum Gasteiger partial charge on any atom is 0.0730 e. The van der Waals surface area contributed by atoms with Crippen LogP contribution < -0.4 is 5.32 Å². The summed E-state index contributed by atoms with van der Waals surface area (Å²) in [6, 6.07) is 9.52. The molecule has 0 radical (unpaired) electrons. The van der Waals surface area contributed by atoms with E-state index in [0.717, 1.165) is 19.7 Å². The van der Waals surface area contributed by atoms with Crippen molar-refractivity contribution in [3.63, 3.8) is 0 Å². The molecule has 2 fully saturated rings. The molecule has 3 unspecified atom stereocenters. The summed E-state index contributed by atoms with van der Waals surface area (Å²) in [4.78, 5) is 2.72. The zero-order valence-electron chi connectivity index (χ0n) is 12.1. The maximum atomic E-state index is 5.94. The largest absolute Gasteiger partial charge is 0.385 e. The molecule has 1 saturated carbocycles. The molecule has 3 aliphatic rings. The van der Waals surface area contributed by atoms with Gasteiger partial charge in [0.25, 0.3) is 0 Å². The van der Waals surface area contributed by atoms with Gasteiger partial charge < -0.3 is 10.1 Å². The minimum Gasteiger partial charge on any atom is -0.385 e. The molecule has 1 aliphatic carbocycles. The number of anilines is 1. The Labute approximate surface area is 121 Å². The normalized spacial score (nSPS) is 33.3. The third-order valence-corrected chi connectivity index (χ3v) is 5.26. The monoisotopic (exact) mass is 272 g/mol. The van der Waals surface area contributed by atoms with Crippen molar-refractivity contribution in [2.45, 2.75) is 43.7 Å². The highest BCUT2D eigenvalue weighted by Gasteiger charge is 2.37. The lowest BCUT2D eigenvalue weighted by molar-refractivity contribution is -0.0575. The van der Waals surface area contributed by atoms with Gasteiger partial charge in [-0.15, -0.1) is 0 Å². The van der Waals surface area contributed by atoms with Crippen LogP contribution in [0.5, 0.6) is 0 Å². The summed E-state index contributed by atoms with van der Waals surface area (Å²) >= 11 is 0. The van der Waals surface area contributed by atoms with Crippen LogP contribution in [-0.2, 0) is 4.74 Å². The Morgan fingerprint density at radius 3 is 3.15 bits per heavy atom. The van der Waals surface area contributed by atoms with Crippen LogP contribution in [0.1, 0.15) is 37.2 Å². The quantitative estimate of drug-likeness (QED) is 0.896. The molecule has 3 atom stereocenters. The fourth-order valence-electron chi connectivity index (χ4n) is 4.26. The van der Waals surface area contributed by atoms with Crippen molar-refractivity contribution >= 4 is 5.69 Å². The molecule has 1 aromatic rings. The fraction of sp³-hybridized carbons (Fsp3) is 0.647. The van der Waals surface area contributed by atoms with Gasteiger partial charge in [0.2, 0.25) is 0 Å². The number of rotatable bonds is 2. The van der Waals surface area contributed by atoms with Gasteiger partial charge in [-0.2, -0.15) is 0 Å². The van der Waals surface area contributed by atoms with Gasteiger partial charge in [0.15, 0.2) is 0 Å². The predicted molar refractivity (Wildman–Crippen MR) is 81.2 cm³/mol. The highest BCUT2D eigenvalue weighted by atomic mass is 16.5. The lowest BCUT2D eigenvalue weighted by atomic mass is 9.90. The van der Waals surface area contributed by atoms with Crippen LogP contribution >= 0.6 is 0 Å². The first-order valence-corrected chi connectivity index (χ1v) is 8.10. The zero-order valence-corrected chi connectivity index (χ0v) is 12.1. The van der Waals surface area contributed by atoms with E-state index in [0.29, 0.717) is 18.1 Å². The van der Waals surface area contributed by atoms with Gasteiger partial charge in [-0.1, -0.05) is 18.2 Å². The van der Waals surface area contributed by atoms with Crippen molar-refractivity contribution in [2.24, 2.45) is 0 Å². The van der Waals surface area contributed by atoms with Crippen molar-refractivity contribution in [2.75, 3.05) is 31.6 Å². The topological polar surface area (TPSA) is 24.5 Å². The minimum atomic E-state index is 0.515. The lowest BCUT2D eigenvalue weighted by Crippen LogP contribution is -2.50. The van der Waals surface area contributed by atoms with Gasteiger partial charge in [0.05, 0.1) is 12.7 Å². The molecule has 0 bridgehead atoms. The predicted octanol–water partition coefficient (Wildman–Crippen LogP) is 2.84. The van der Waals surface area contributed by atoms with Gasteiger partial charge in [-0.05, 0) is 37.3 Å². The molecular weight excluding hydrogens is 248 g/mol. The van der Waals surface area contributed by atoms with E-state index in [-0.39, 0.29) is 0 Å². The van der Waals surface area contributed by atoms with Crippen molar-refractivity contribution in [1.29, 1.82) is 0 Å². The Morgan fingerprint density at radius 2 is 2.15 bits per heavy atom. The average molecular weight is 272 g/mol. The average Bonchev–Trinajstić information content (AvgIpc) is 2.97. The van der Waals surface area contributed by atoms with Gasteiger partial charge in [-0.3, -0.25) is 4.90 Å². The van der Waals surface area contributed by atoms with Crippen LogP contribution in [0.25, 0.3) is 0 Å². The van der Waals surface area contributed by atoms with Crippen LogP contribution in [0, 0.1) is 0 Å². The van der Waals surface area contributed by atoms with Crippen molar-refractivity contribution in [3.05, 3.63) is 29.8 Å². The number of ether oxygens (including phenoxy) is 1. The first-order valence-electron chi connectivity index (χ1n) is 8.10. The van der Waals surface area contributed by atoms with Crippen molar-refractivity contribution < 1.29 is 4.74 Å². The molecule has 1 aromatic carbocycles. The molecule has 4 rings (SSSR count). The second-order valence-corrected chi connectivity index (χ2v) is 6.40. The molecule has 1 saturated heterocycles. The second kappa shape index (κ2) is 5.38. The number of benzene rings is 1. The van der Waals surface area contributed by atoms with Gasteiger partial charge in [-0.25, -0.2) is 0 Å². The van der Waals surface area contributed by atoms with E-state index in [1.165, 1.54) is 43.5 Å². The van der Waals surface area contributed by atoms with Crippen LogP contribution in [-0.4, -0.2) is 43.3 Å². The second-order valence-electron chi connectivity index (χ2n) is 6.40. The Hall–Kier alpha value is -1.06. The van der Waals surface area contributed by atoms with Crippen LogP contribution in [0.2, 0.25) is 0 Å². The smallest absolute Gasteiger partial charge is 0.0730 e. The number of hydrogen-bond acceptors (Lipinski definition) is 3. The van der Waals surface area contributed by atoms with E-state index >= 15 is 0 Å². The van der Waals surface area contributed by atoms with Gasteiger partial charge in [0.1, 0.15) is 0 Å². The summed E-state index contributed by atoms with van der Waals surface area (Å²) in [5, 5.41) is 3.53. The maximum absolute atomic E-state index is 5.94. The lowest BCUT2D eigenvalue weighted by Gasteiger charge is -2.40. The van der Waals surface area contributed by atoms with Crippen LogP contribution in [0.3, 0.4) is 0 Å². The number of para-hydroxylation sites is 1. The Bertz CT molecular complexity index is 476. The standard InChI is InChI=1S/C17H24N2O/c1-2-5-15-14(4-1)13(8-9-18-15)12-19-10-11-20-17-7-3-6-16(17)19/h1-2,4-5,13,16-18H,3,6-12H2. The van der Waals surface area contributed by atoms with Gasteiger partial charge in [0, 0.05) is 37.3 Å². The van der Waals surface area contributed by atoms with Crippen LogP contribution in [0.4, 0.5) is 5.69 Å². The summed E-state index contributed by atoms with van der Waals surface area (Å²) in [6.45, 7) is 4.37. The molecule has 20 heavy (non-hydrogen) atoms. The van der Waals surface area contributed by atoms with E-state index in [1.54, 1.807) is 0 Å². The van der Waals surface area contributed by atoms with E-state index in [2.05, 4.69) is 34.5 Å². The first-order chi connectivity index (χ1) is 9.92. The summed E-state index contributed by atoms with van der Waals surface area (Å²) in [7, 11) is 0. The minimum absolute atomic E-state index is 0.515. The number of morpholine rings is 1. The third-order valence-electron chi connectivity index (χ3n) is 5.26. The van der Waals surface area contributed by atoms with E-state index in [1.807, 2.05) is 0 Å². The molecule has 1 N–H and O–H groups in total. The number of nitrogens with one attached hydrogen (secondary N) is 1. The highest BCUT2D eigenvalue weighted by molar-refractivity contribution is 5.54. The molecule has 0 amide bonds. The molecule has 2 heterocycles. The summed E-state index contributed by atoms with van der Waals surface area (Å²) in [5.74, 6) is 0.687. The molecular formula is C17H24N2O. The SMILES string of the molecule is c1ccc2c(c1)NCCC2CN1CCOC2CCCC21. The molecule has 3 nitrogen and oxygen atoms in total. The number of hydrogen-bond donors (Lipinski definition) is 1. The van der Waals surface area contributed by atoms with Crippen LogP contribution in [0.15, 0.2) is 24.3 Å². The summed E-state index contributed by atoms with van der Waals surface area (Å²) in [5.41, 5.74) is 2.86.